The third kappa shape index (κ3) is 51.8. The first-order valence-corrected chi connectivity index (χ1v) is 10.5. The van der Waals surface area contributed by atoms with Gasteiger partial charge in [-0.25, -0.2) is 10.9 Å². The first-order chi connectivity index (χ1) is 11.8. The summed E-state index contributed by atoms with van der Waals surface area (Å²) in [4.78, 5) is 25.0. The van der Waals surface area contributed by atoms with Crippen LogP contribution in [-0.4, -0.2) is 46.3 Å². The van der Waals surface area contributed by atoms with Gasteiger partial charge in [0.25, 0.3) is 5.97 Å². The van der Waals surface area contributed by atoms with Crippen LogP contribution < -0.4 is 16.4 Å². The number of allylic oxidation sites excluding steroid dienone is 2. The Morgan fingerprint density at radius 3 is 1.48 bits per heavy atom. The van der Waals surface area contributed by atoms with Gasteiger partial charge in [-0.1, -0.05) is 26.0 Å². The molecule has 1 fully saturated rings. The van der Waals surface area contributed by atoms with Crippen molar-refractivity contribution >= 4 is 22.0 Å². The van der Waals surface area contributed by atoms with E-state index in [-0.39, 0.29) is 12.3 Å². The van der Waals surface area contributed by atoms with Crippen molar-refractivity contribution in [3.63, 3.8) is 0 Å². The van der Waals surface area contributed by atoms with Crippen molar-refractivity contribution in [1.82, 2.24) is 16.4 Å². The fourth-order valence-corrected chi connectivity index (χ4v) is 1.63. The minimum absolute atomic E-state index is 0.204. The molecule has 2 atom stereocenters. The van der Waals surface area contributed by atoms with Gasteiger partial charge in [-0.15, -0.1) is 0 Å². The fraction of sp³-hybridized carbons (Fsp3) is 0.643. The van der Waals surface area contributed by atoms with Crippen LogP contribution in [0, 0.1) is 0 Å². The molecule has 0 spiro atoms. The zero-order valence-electron chi connectivity index (χ0n) is 14.7. The Morgan fingerprint density at radius 1 is 0.960 bits per heavy atom. The van der Waals surface area contributed by atoms with Crippen LogP contribution in [0.15, 0.2) is 25.3 Å². The monoisotopic (exact) mass is 399 g/mol. The van der Waals surface area contributed by atoms with E-state index >= 15 is 0 Å². The Balaban J connectivity index is -0.000000271. The summed E-state index contributed by atoms with van der Waals surface area (Å²) < 4.78 is 19.4. The van der Waals surface area contributed by atoms with E-state index in [0.717, 1.165) is 20.0 Å². The number of carbonyl (C=O) groups is 1. The van der Waals surface area contributed by atoms with E-state index in [1.165, 1.54) is 37.8 Å². The number of hydrogen-bond acceptors (Lipinski definition) is 6. The summed E-state index contributed by atoms with van der Waals surface area (Å²) in [6, 6.07) is 0. The number of nitrogens with one attached hydrogen (secondary N) is 3. The maximum Gasteiger partial charge on any atom is 0.509 e. The van der Waals surface area contributed by atoms with Crippen LogP contribution in [0.4, 0.5) is 0 Å². The predicted molar refractivity (Wildman–Crippen MR) is 101 cm³/mol. The molecule has 1 aliphatic heterocycles. The van der Waals surface area contributed by atoms with Crippen LogP contribution in [0.3, 0.4) is 0 Å². The van der Waals surface area contributed by atoms with E-state index in [1.54, 1.807) is 0 Å². The highest BCUT2D eigenvalue weighted by molar-refractivity contribution is 7.38. The lowest BCUT2D eigenvalue weighted by molar-refractivity contribution is -0.134. The van der Waals surface area contributed by atoms with Gasteiger partial charge in [-0.05, 0) is 34.1 Å². The third-order valence-electron chi connectivity index (χ3n) is 2.10. The summed E-state index contributed by atoms with van der Waals surface area (Å²) in [5, 5.41) is 7.42. The number of rotatable bonds is 4. The third-order valence-corrected chi connectivity index (χ3v) is 3.24. The van der Waals surface area contributed by atoms with E-state index < -0.39 is 22.0 Å². The molecule has 1 heterocycles. The summed E-state index contributed by atoms with van der Waals surface area (Å²) in [5.74, 6) is -0.833. The molecular weight excluding hydrogens is 368 g/mol. The number of hydrogen-bond donors (Lipinski definition) is 6. The lowest BCUT2D eigenvalue weighted by atomic mass is 10.2. The minimum Gasteiger partial charge on any atom is -0.481 e. The van der Waals surface area contributed by atoms with Gasteiger partial charge in [0.1, 0.15) is 0 Å². The zero-order chi connectivity index (χ0) is 19.9. The molecule has 0 aromatic heterocycles. The molecule has 0 radical (unpaired) electrons. The maximum atomic E-state index is 9.68. The Hall–Kier alpha value is -1.05. The van der Waals surface area contributed by atoms with Gasteiger partial charge in [0, 0.05) is 20.0 Å². The molecule has 11 heteroatoms. The van der Waals surface area contributed by atoms with E-state index in [2.05, 4.69) is 29.5 Å². The van der Waals surface area contributed by atoms with Gasteiger partial charge >= 0.3 is 16.1 Å². The molecule has 0 saturated carbocycles. The SMILES string of the molecule is C1CCCNNNCC1.C=CC[P+](=O)O.C=CC[P+](=O)O.CC(=O)O. The maximum absolute atomic E-state index is 9.68. The van der Waals surface area contributed by atoms with Crippen molar-refractivity contribution in [3.8, 4) is 0 Å². The van der Waals surface area contributed by atoms with Crippen LogP contribution >= 0.6 is 16.1 Å². The van der Waals surface area contributed by atoms with E-state index in [9.17, 15) is 9.13 Å². The van der Waals surface area contributed by atoms with E-state index in [4.69, 9.17) is 19.7 Å². The molecule has 146 valence electrons. The summed E-state index contributed by atoms with van der Waals surface area (Å²) in [7, 11) is -3.94. The topological polar surface area (TPSA) is 148 Å². The Morgan fingerprint density at radius 2 is 1.28 bits per heavy atom. The molecule has 0 aliphatic carbocycles. The molecule has 1 saturated heterocycles. The summed E-state index contributed by atoms with van der Waals surface area (Å²) in [6.45, 7) is 9.75. The second kappa shape index (κ2) is 25.2. The average Bonchev–Trinajstić information content (AvgIpc) is 2.63. The van der Waals surface area contributed by atoms with Crippen LogP contribution in [0.1, 0.15) is 32.6 Å². The lowest BCUT2D eigenvalue weighted by Crippen LogP contribution is -2.43. The van der Waals surface area contributed by atoms with Crippen molar-refractivity contribution in [2.24, 2.45) is 0 Å². The molecule has 6 N–H and O–H groups in total. The number of hydrazine groups is 2. The molecule has 0 aromatic rings. The predicted octanol–water partition coefficient (Wildman–Crippen LogP) is 2.06. The smallest absolute Gasteiger partial charge is 0.481 e. The van der Waals surface area contributed by atoms with E-state index in [1.807, 2.05) is 0 Å². The minimum atomic E-state index is -1.97. The standard InChI is InChI=1S/C6H15N3.2C3H5O2P.C2H4O2/c1-2-4-6-8-9-7-5-3-1;2*1-2-3-6(4)5;1-2(3)4/h7-9H,1-6H2;2*2H,1,3H2;1H3,(H,3,4)/p+2. The van der Waals surface area contributed by atoms with Gasteiger partial charge in [-0.2, -0.15) is 15.3 Å². The molecule has 1 aliphatic rings. The Kier molecular flexibility index (Phi) is 29.0. The van der Waals surface area contributed by atoms with Crippen LogP contribution in [0.2, 0.25) is 0 Å². The second-order valence-electron chi connectivity index (χ2n) is 4.56. The largest absolute Gasteiger partial charge is 0.509 e. The molecule has 0 bridgehead atoms. The fourth-order valence-electron chi connectivity index (χ4n) is 1.19. The zero-order valence-corrected chi connectivity index (χ0v) is 16.5. The molecule has 9 nitrogen and oxygen atoms in total. The van der Waals surface area contributed by atoms with Crippen molar-refractivity contribution in [2.45, 2.75) is 32.6 Å². The molecule has 0 aromatic carbocycles. The van der Waals surface area contributed by atoms with Crippen molar-refractivity contribution in [2.75, 3.05) is 25.4 Å². The van der Waals surface area contributed by atoms with Crippen LogP contribution in [0.5, 0.6) is 0 Å². The van der Waals surface area contributed by atoms with Gasteiger partial charge < -0.3 is 5.11 Å². The van der Waals surface area contributed by atoms with Crippen molar-refractivity contribution in [3.05, 3.63) is 25.3 Å². The van der Waals surface area contributed by atoms with Gasteiger partial charge in [0.15, 0.2) is 12.3 Å². The molecular formula is C14H31N3O6P2+2. The van der Waals surface area contributed by atoms with E-state index in [0.29, 0.717) is 0 Å². The summed E-state index contributed by atoms with van der Waals surface area (Å²) in [6.07, 6.45) is 8.53. The number of carboxylic acids is 1. The highest BCUT2D eigenvalue weighted by atomic mass is 31.1. The van der Waals surface area contributed by atoms with Crippen LogP contribution in [-0.2, 0) is 13.9 Å². The highest BCUT2D eigenvalue weighted by Gasteiger charge is 2.02. The molecule has 25 heavy (non-hydrogen) atoms. The Labute approximate surface area is 151 Å². The second-order valence-corrected chi connectivity index (χ2v) is 6.70. The van der Waals surface area contributed by atoms with Crippen molar-refractivity contribution < 1.29 is 28.8 Å². The quantitative estimate of drug-likeness (QED) is 0.309. The number of aliphatic carboxylic acids is 1. The van der Waals surface area contributed by atoms with Crippen molar-refractivity contribution in [1.29, 1.82) is 0 Å². The van der Waals surface area contributed by atoms with Crippen LogP contribution in [0.25, 0.3) is 0 Å². The Bertz CT molecular complexity index is 331. The lowest BCUT2D eigenvalue weighted by Gasteiger charge is -2.03. The summed E-state index contributed by atoms with van der Waals surface area (Å²) >= 11 is 0. The first kappa shape index (κ1) is 28.7. The first-order valence-electron chi connectivity index (χ1n) is 7.67. The normalized spacial score (nSPS) is 14.7. The average molecular weight is 399 g/mol. The highest BCUT2D eigenvalue weighted by Crippen LogP contribution is 2.10. The van der Waals surface area contributed by atoms with Gasteiger partial charge in [-0.3, -0.25) is 4.79 Å². The van der Waals surface area contributed by atoms with Gasteiger partial charge in [0.2, 0.25) is 0 Å². The number of carboxylic acid groups (broad SMARTS) is 1. The summed E-state index contributed by atoms with van der Waals surface area (Å²) in [5.41, 5.74) is 9.06. The molecule has 0 amide bonds. The molecule has 2 unspecified atom stereocenters. The molecule has 1 rings (SSSR count). The van der Waals surface area contributed by atoms with Gasteiger partial charge in [0.05, 0.1) is 0 Å².